The Morgan fingerprint density at radius 2 is 1.67 bits per heavy atom. The van der Waals surface area contributed by atoms with Crippen molar-refractivity contribution >= 4 is 5.96 Å². The maximum absolute atomic E-state index is 5.24. The van der Waals surface area contributed by atoms with Gasteiger partial charge >= 0.3 is 0 Å². The van der Waals surface area contributed by atoms with Gasteiger partial charge in [0.25, 0.3) is 0 Å². The first-order valence-corrected chi connectivity index (χ1v) is 5.93. The fourth-order valence-electron chi connectivity index (χ4n) is 1.53. The Hall–Kier alpha value is -0.770. The van der Waals surface area contributed by atoms with Gasteiger partial charge in [-0.15, -0.1) is 0 Å². The van der Waals surface area contributed by atoms with Crippen molar-refractivity contribution in [2.45, 2.75) is 33.1 Å². The highest BCUT2D eigenvalue weighted by Crippen LogP contribution is 2.06. The quantitative estimate of drug-likeness (QED) is 0.274. The number of nitrogens with zero attached hydrogens (tertiary/aromatic N) is 2. The highest BCUT2D eigenvalue weighted by Gasteiger charge is 2.14. The second-order valence-electron chi connectivity index (χ2n) is 4.34. The van der Waals surface area contributed by atoms with Crippen LogP contribution in [-0.2, 0) is 0 Å². The first-order chi connectivity index (χ1) is 7.04. The fraction of sp³-hybridized carbons (Fsp3) is 0.909. The number of unbranched alkanes of at least 4 members (excludes halogenated alkanes) is 2. The van der Waals surface area contributed by atoms with E-state index in [-0.39, 0.29) is 5.96 Å². The van der Waals surface area contributed by atoms with Crippen LogP contribution >= 0.6 is 0 Å². The number of nitrogens with two attached hydrogens (primary N) is 2. The number of aliphatic imine (C=N–C) groups is 1. The van der Waals surface area contributed by atoms with Crippen LogP contribution in [-0.4, -0.2) is 43.7 Å². The molecule has 15 heavy (non-hydrogen) atoms. The van der Waals surface area contributed by atoms with E-state index in [4.69, 9.17) is 11.5 Å². The summed E-state index contributed by atoms with van der Waals surface area (Å²) in [6, 6.07) is 0. The molecule has 0 saturated carbocycles. The summed E-state index contributed by atoms with van der Waals surface area (Å²) in [6.07, 6.45) is 3.56. The van der Waals surface area contributed by atoms with Crippen molar-refractivity contribution in [3.8, 4) is 0 Å². The lowest BCUT2D eigenvalue weighted by molar-refractivity contribution is -0.906. The molecule has 0 amide bonds. The maximum Gasteiger partial charge on any atom is 0.185 e. The van der Waals surface area contributed by atoms with Gasteiger partial charge in [0.1, 0.15) is 0 Å². The van der Waals surface area contributed by atoms with Crippen LogP contribution < -0.4 is 11.5 Å². The standard InChI is InChI=1S/C11H27N4/c1-4-15(3,5-2)10-8-6-7-9-14-11(12)13/h4-10H2,1-3H3,(H4,12,13,14)/q+1. The van der Waals surface area contributed by atoms with Gasteiger partial charge in [0, 0.05) is 6.54 Å². The summed E-state index contributed by atoms with van der Waals surface area (Å²) in [4.78, 5) is 3.97. The van der Waals surface area contributed by atoms with Crippen LogP contribution in [0.3, 0.4) is 0 Å². The molecule has 0 atom stereocenters. The molecular formula is C11H27N4+. The molecule has 0 spiro atoms. The zero-order valence-electron chi connectivity index (χ0n) is 10.5. The van der Waals surface area contributed by atoms with Crippen molar-refractivity contribution in [3.63, 3.8) is 0 Å². The molecule has 0 unspecified atom stereocenters. The number of quaternary nitrogens is 1. The van der Waals surface area contributed by atoms with E-state index in [1.54, 1.807) is 0 Å². The molecule has 0 aromatic rings. The Bertz CT molecular complexity index is 181. The van der Waals surface area contributed by atoms with Gasteiger partial charge in [-0.1, -0.05) is 0 Å². The van der Waals surface area contributed by atoms with Gasteiger partial charge in [0.2, 0.25) is 0 Å². The predicted molar refractivity (Wildman–Crippen MR) is 66.7 cm³/mol. The van der Waals surface area contributed by atoms with E-state index in [1.165, 1.54) is 37.0 Å². The number of hydrogen-bond donors (Lipinski definition) is 2. The van der Waals surface area contributed by atoms with E-state index in [1.807, 2.05) is 0 Å². The summed E-state index contributed by atoms with van der Waals surface area (Å²) in [7, 11) is 2.32. The summed E-state index contributed by atoms with van der Waals surface area (Å²) in [5.41, 5.74) is 10.5. The summed E-state index contributed by atoms with van der Waals surface area (Å²) >= 11 is 0. The first-order valence-electron chi connectivity index (χ1n) is 5.93. The van der Waals surface area contributed by atoms with Gasteiger partial charge < -0.3 is 16.0 Å². The normalized spacial score (nSPS) is 11.4. The molecule has 0 aromatic carbocycles. The molecule has 0 bridgehead atoms. The maximum atomic E-state index is 5.24. The van der Waals surface area contributed by atoms with E-state index < -0.39 is 0 Å². The second-order valence-corrected chi connectivity index (χ2v) is 4.34. The van der Waals surface area contributed by atoms with Gasteiger partial charge in [-0.2, -0.15) is 0 Å². The summed E-state index contributed by atoms with van der Waals surface area (Å²) < 4.78 is 1.17. The Kier molecular flexibility index (Phi) is 7.13. The van der Waals surface area contributed by atoms with E-state index in [0.717, 1.165) is 13.0 Å². The molecule has 0 fully saturated rings. The van der Waals surface area contributed by atoms with E-state index >= 15 is 0 Å². The second kappa shape index (κ2) is 7.51. The Morgan fingerprint density at radius 1 is 1.07 bits per heavy atom. The highest BCUT2D eigenvalue weighted by atomic mass is 15.3. The topological polar surface area (TPSA) is 64.4 Å². The lowest BCUT2D eigenvalue weighted by Crippen LogP contribution is -2.44. The number of rotatable bonds is 8. The molecule has 0 aliphatic heterocycles. The minimum atomic E-state index is 0.206. The van der Waals surface area contributed by atoms with Crippen LogP contribution in [0, 0.1) is 0 Å². The van der Waals surface area contributed by atoms with Crippen LogP contribution in [0.25, 0.3) is 0 Å². The van der Waals surface area contributed by atoms with Gasteiger partial charge in [0.05, 0.1) is 26.7 Å². The molecular weight excluding hydrogens is 188 g/mol. The summed E-state index contributed by atoms with van der Waals surface area (Å²) in [5.74, 6) is 0.206. The van der Waals surface area contributed by atoms with Gasteiger partial charge in [-0.05, 0) is 33.1 Å². The monoisotopic (exact) mass is 215 g/mol. The van der Waals surface area contributed by atoms with E-state index in [0.29, 0.717) is 0 Å². The van der Waals surface area contributed by atoms with Gasteiger partial charge in [0.15, 0.2) is 5.96 Å². The van der Waals surface area contributed by atoms with Gasteiger partial charge in [-0.3, -0.25) is 4.99 Å². The smallest absolute Gasteiger partial charge is 0.185 e. The van der Waals surface area contributed by atoms with Gasteiger partial charge in [-0.25, -0.2) is 0 Å². The number of hydrogen-bond acceptors (Lipinski definition) is 1. The molecule has 90 valence electrons. The van der Waals surface area contributed by atoms with Crippen molar-refractivity contribution in [1.29, 1.82) is 0 Å². The average Bonchev–Trinajstić information content (AvgIpc) is 2.22. The molecule has 0 rings (SSSR count). The predicted octanol–water partition coefficient (Wildman–Crippen LogP) is 0.917. The first kappa shape index (κ1) is 14.2. The summed E-state index contributed by atoms with van der Waals surface area (Å²) in [5, 5.41) is 0. The lowest BCUT2D eigenvalue weighted by atomic mass is 10.2. The highest BCUT2D eigenvalue weighted by molar-refractivity contribution is 5.75. The molecule has 4 nitrogen and oxygen atoms in total. The molecule has 0 radical (unpaired) electrons. The minimum Gasteiger partial charge on any atom is -0.370 e. The van der Waals surface area contributed by atoms with Crippen LogP contribution in [0.15, 0.2) is 4.99 Å². The van der Waals surface area contributed by atoms with Crippen LogP contribution in [0.4, 0.5) is 0 Å². The van der Waals surface area contributed by atoms with Crippen LogP contribution in [0.1, 0.15) is 33.1 Å². The third-order valence-corrected chi connectivity index (χ3v) is 3.18. The Labute approximate surface area is 93.9 Å². The molecule has 0 aromatic heterocycles. The van der Waals surface area contributed by atoms with Crippen molar-refractivity contribution < 1.29 is 4.48 Å². The SMILES string of the molecule is CC[N+](C)(CC)CCCCCN=C(N)N. The molecule has 0 aliphatic carbocycles. The Balaban J connectivity index is 3.49. The third kappa shape index (κ3) is 7.19. The minimum absolute atomic E-state index is 0.206. The fourth-order valence-corrected chi connectivity index (χ4v) is 1.53. The lowest BCUT2D eigenvalue weighted by Gasteiger charge is -2.32. The largest absolute Gasteiger partial charge is 0.370 e. The van der Waals surface area contributed by atoms with Crippen molar-refractivity contribution in [3.05, 3.63) is 0 Å². The number of guanidine groups is 1. The third-order valence-electron chi connectivity index (χ3n) is 3.18. The summed E-state index contributed by atoms with van der Waals surface area (Å²) in [6.45, 7) is 8.96. The van der Waals surface area contributed by atoms with E-state index in [9.17, 15) is 0 Å². The zero-order chi connectivity index (χ0) is 11.7. The molecule has 4 N–H and O–H groups in total. The van der Waals surface area contributed by atoms with Crippen molar-refractivity contribution in [2.75, 3.05) is 33.2 Å². The average molecular weight is 215 g/mol. The molecule has 0 heterocycles. The van der Waals surface area contributed by atoms with E-state index in [2.05, 4.69) is 25.9 Å². The zero-order valence-corrected chi connectivity index (χ0v) is 10.5. The molecule has 0 aliphatic rings. The van der Waals surface area contributed by atoms with Crippen LogP contribution in [0.2, 0.25) is 0 Å². The molecule has 0 saturated heterocycles. The van der Waals surface area contributed by atoms with Crippen LogP contribution in [0.5, 0.6) is 0 Å². The molecule has 4 heteroatoms. The van der Waals surface area contributed by atoms with Crippen molar-refractivity contribution in [2.24, 2.45) is 16.5 Å². The van der Waals surface area contributed by atoms with Crippen molar-refractivity contribution in [1.82, 2.24) is 0 Å². The Morgan fingerprint density at radius 3 is 2.13 bits per heavy atom.